The maximum absolute atomic E-state index is 12.0. The van der Waals surface area contributed by atoms with E-state index in [1.54, 1.807) is 17.9 Å². The molecular formula is C14H16ClN3O. The number of benzene rings is 1. The van der Waals surface area contributed by atoms with Crippen LogP contribution in [0.25, 0.3) is 0 Å². The minimum atomic E-state index is -0.111. The Labute approximate surface area is 117 Å². The van der Waals surface area contributed by atoms with E-state index in [1.807, 2.05) is 24.3 Å². The topological polar surface area (TPSA) is 46.9 Å². The van der Waals surface area contributed by atoms with E-state index in [4.69, 9.17) is 11.6 Å². The van der Waals surface area contributed by atoms with E-state index >= 15 is 0 Å². The molecule has 0 aliphatic carbocycles. The van der Waals surface area contributed by atoms with Crippen molar-refractivity contribution in [3.05, 3.63) is 52.3 Å². The number of amides is 1. The highest BCUT2D eigenvalue weighted by atomic mass is 35.5. The summed E-state index contributed by atoms with van der Waals surface area (Å²) in [6, 6.07) is 7.59. The molecule has 4 nitrogen and oxygen atoms in total. The Bertz CT molecular complexity index is 555. The molecule has 0 aliphatic heterocycles. The number of aryl methyl sites for hydroxylation is 2. The average molecular weight is 278 g/mol. The zero-order valence-corrected chi connectivity index (χ0v) is 11.7. The van der Waals surface area contributed by atoms with Gasteiger partial charge in [-0.25, -0.2) is 0 Å². The molecule has 0 saturated carbocycles. The van der Waals surface area contributed by atoms with Crippen LogP contribution in [0.4, 0.5) is 0 Å². The maximum Gasteiger partial charge on any atom is 0.251 e. The molecule has 2 aromatic rings. The molecule has 1 amide bonds. The van der Waals surface area contributed by atoms with Crippen LogP contribution in [-0.2, 0) is 20.0 Å². The van der Waals surface area contributed by atoms with E-state index in [0.29, 0.717) is 17.1 Å². The van der Waals surface area contributed by atoms with E-state index in [0.717, 1.165) is 12.1 Å². The van der Waals surface area contributed by atoms with E-state index < -0.39 is 0 Å². The van der Waals surface area contributed by atoms with Gasteiger partial charge in [0.15, 0.2) is 0 Å². The summed E-state index contributed by atoms with van der Waals surface area (Å²) in [5.41, 5.74) is 2.65. The highest BCUT2D eigenvalue weighted by molar-refractivity contribution is 6.31. The van der Waals surface area contributed by atoms with Gasteiger partial charge in [-0.2, -0.15) is 5.10 Å². The number of halogens is 1. The van der Waals surface area contributed by atoms with Crippen molar-refractivity contribution in [1.29, 1.82) is 0 Å². The number of carbonyl (C=O) groups excluding carboxylic acids is 1. The first-order valence-corrected chi connectivity index (χ1v) is 6.53. The molecule has 1 aromatic carbocycles. The molecule has 0 spiro atoms. The molecule has 1 aromatic heterocycles. The van der Waals surface area contributed by atoms with Crippen molar-refractivity contribution < 1.29 is 4.79 Å². The number of hydrogen-bond donors (Lipinski definition) is 1. The fraction of sp³-hybridized carbons (Fsp3) is 0.286. The summed E-state index contributed by atoms with van der Waals surface area (Å²) in [5.74, 6) is -0.111. The second-order valence-electron chi connectivity index (χ2n) is 4.30. The summed E-state index contributed by atoms with van der Waals surface area (Å²) in [6.45, 7) is 2.45. The highest BCUT2D eigenvalue weighted by Crippen LogP contribution is 2.13. The Balaban J connectivity index is 2.01. The summed E-state index contributed by atoms with van der Waals surface area (Å²) in [5, 5.41) is 7.42. The van der Waals surface area contributed by atoms with Crippen LogP contribution in [0.5, 0.6) is 0 Å². The van der Waals surface area contributed by atoms with Crippen molar-refractivity contribution >= 4 is 17.5 Å². The fourth-order valence-electron chi connectivity index (χ4n) is 1.79. The van der Waals surface area contributed by atoms with Crippen LogP contribution in [0, 0.1) is 0 Å². The number of nitrogens with zero attached hydrogens (tertiary/aromatic N) is 2. The molecule has 0 saturated heterocycles. The van der Waals surface area contributed by atoms with Crippen LogP contribution >= 0.6 is 11.6 Å². The van der Waals surface area contributed by atoms with Gasteiger partial charge in [0.25, 0.3) is 5.91 Å². The summed E-state index contributed by atoms with van der Waals surface area (Å²) in [6.07, 6.45) is 2.53. The molecule has 0 bridgehead atoms. The molecule has 0 unspecified atom stereocenters. The zero-order valence-electron chi connectivity index (χ0n) is 11.0. The van der Waals surface area contributed by atoms with E-state index in [1.165, 1.54) is 5.56 Å². The monoisotopic (exact) mass is 277 g/mol. The van der Waals surface area contributed by atoms with Gasteiger partial charge in [-0.15, -0.1) is 0 Å². The molecule has 1 N–H and O–H groups in total. The van der Waals surface area contributed by atoms with Crippen LogP contribution in [0.3, 0.4) is 0 Å². The molecule has 19 heavy (non-hydrogen) atoms. The smallest absolute Gasteiger partial charge is 0.251 e. The quantitative estimate of drug-likeness (QED) is 0.934. The van der Waals surface area contributed by atoms with Gasteiger partial charge in [-0.1, -0.05) is 30.7 Å². The minimum absolute atomic E-state index is 0.111. The Morgan fingerprint density at radius 2 is 2.05 bits per heavy atom. The highest BCUT2D eigenvalue weighted by Gasteiger charge is 2.09. The van der Waals surface area contributed by atoms with E-state index in [-0.39, 0.29) is 5.91 Å². The lowest BCUT2D eigenvalue weighted by Crippen LogP contribution is -2.24. The summed E-state index contributed by atoms with van der Waals surface area (Å²) in [4.78, 5) is 12.0. The lowest BCUT2D eigenvalue weighted by molar-refractivity contribution is 0.0950. The molecule has 2 rings (SSSR count). The Hall–Kier alpha value is -1.81. The van der Waals surface area contributed by atoms with Crippen LogP contribution in [-0.4, -0.2) is 15.7 Å². The second kappa shape index (κ2) is 5.89. The third-order valence-corrected chi connectivity index (χ3v) is 3.37. The fourth-order valence-corrected chi connectivity index (χ4v) is 2.03. The van der Waals surface area contributed by atoms with Gasteiger partial charge >= 0.3 is 0 Å². The van der Waals surface area contributed by atoms with Gasteiger partial charge in [0.1, 0.15) is 0 Å². The van der Waals surface area contributed by atoms with E-state index in [2.05, 4.69) is 17.3 Å². The maximum atomic E-state index is 12.0. The largest absolute Gasteiger partial charge is 0.346 e. The van der Waals surface area contributed by atoms with Crippen molar-refractivity contribution in [2.75, 3.05) is 0 Å². The Morgan fingerprint density at radius 3 is 2.58 bits per heavy atom. The standard InChI is InChI=1S/C14H16ClN3O/c1-3-10-4-6-11(7-5-10)14(19)16-9-13-12(15)8-17-18(13)2/h4-8H,3,9H2,1-2H3,(H,16,19). The molecule has 1 heterocycles. The van der Waals surface area contributed by atoms with Gasteiger partial charge in [-0.05, 0) is 24.1 Å². The lowest BCUT2D eigenvalue weighted by Gasteiger charge is -2.07. The predicted octanol–water partition coefficient (Wildman–Crippen LogP) is 2.57. The number of hydrogen-bond acceptors (Lipinski definition) is 2. The summed E-state index contributed by atoms with van der Waals surface area (Å²) in [7, 11) is 1.80. The van der Waals surface area contributed by atoms with E-state index in [9.17, 15) is 4.79 Å². The third kappa shape index (κ3) is 3.15. The molecule has 100 valence electrons. The minimum Gasteiger partial charge on any atom is -0.346 e. The first-order chi connectivity index (χ1) is 9.11. The molecule has 0 atom stereocenters. The first-order valence-electron chi connectivity index (χ1n) is 6.15. The second-order valence-corrected chi connectivity index (χ2v) is 4.70. The van der Waals surface area contributed by atoms with Gasteiger partial charge < -0.3 is 5.32 Å². The van der Waals surface area contributed by atoms with Crippen molar-refractivity contribution in [2.24, 2.45) is 7.05 Å². The van der Waals surface area contributed by atoms with Gasteiger partial charge in [-0.3, -0.25) is 9.48 Å². The Kier molecular flexibility index (Phi) is 4.22. The first kappa shape index (κ1) is 13.6. The van der Waals surface area contributed by atoms with Crippen molar-refractivity contribution in [2.45, 2.75) is 19.9 Å². The molecule has 0 radical (unpaired) electrons. The third-order valence-electron chi connectivity index (χ3n) is 3.05. The predicted molar refractivity (Wildman–Crippen MR) is 75.2 cm³/mol. The molecule has 0 aliphatic rings. The van der Waals surface area contributed by atoms with Crippen molar-refractivity contribution in [1.82, 2.24) is 15.1 Å². The zero-order chi connectivity index (χ0) is 13.8. The van der Waals surface area contributed by atoms with Gasteiger partial charge in [0.05, 0.1) is 23.5 Å². The number of rotatable bonds is 4. The normalized spacial score (nSPS) is 10.5. The molecule has 5 heteroatoms. The molecule has 0 fully saturated rings. The number of carbonyl (C=O) groups is 1. The lowest BCUT2D eigenvalue weighted by atomic mass is 10.1. The van der Waals surface area contributed by atoms with Crippen LogP contribution in [0.2, 0.25) is 5.02 Å². The van der Waals surface area contributed by atoms with Gasteiger partial charge in [0, 0.05) is 12.6 Å². The van der Waals surface area contributed by atoms with Crippen LogP contribution < -0.4 is 5.32 Å². The SMILES string of the molecule is CCc1ccc(C(=O)NCc2c(Cl)cnn2C)cc1. The summed E-state index contributed by atoms with van der Waals surface area (Å²) < 4.78 is 1.66. The van der Waals surface area contributed by atoms with Crippen LogP contribution in [0.15, 0.2) is 30.5 Å². The van der Waals surface area contributed by atoms with Crippen molar-refractivity contribution in [3.63, 3.8) is 0 Å². The number of aromatic nitrogens is 2. The van der Waals surface area contributed by atoms with Crippen LogP contribution in [0.1, 0.15) is 28.5 Å². The average Bonchev–Trinajstić information content (AvgIpc) is 2.75. The summed E-state index contributed by atoms with van der Waals surface area (Å²) >= 11 is 5.98. The van der Waals surface area contributed by atoms with Crippen molar-refractivity contribution in [3.8, 4) is 0 Å². The molecular weight excluding hydrogens is 262 g/mol. The Morgan fingerprint density at radius 1 is 1.37 bits per heavy atom. The van der Waals surface area contributed by atoms with Gasteiger partial charge in [0.2, 0.25) is 0 Å². The number of nitrogens with one attached hydrogen (secondary N) is 1.